The van der Waals surface area contributed by atoms with Crippen LogP contribution in [-0.2, 0) is 0 Å². The summed E-state index contributed by atoms with van der Waals surface area (Å²) in [7, 11) is 0. The first kappa shape index (κ1) is 22.2. The summed E-state index contributed by atoms with van der Waals surface area (Å²) in [4.78, 5) is 2.34. The lowest BCUT2D eigenvalue weighted by Crippen LogP contribution is -2.09. The number of rotatable bonds is 4. The highest BCUT2D eigenvalue weighted by Gasteiger charge is 2.15. The van der Waals surface area contributed by atoms with Gasteiger partial charge in [-0.05, 0) is 77.9 Å². The van der Waals surface area contributed by atoms with Gasteiger partial charge in [-0.15, -0.1) is 11.3 Å². The van der Waals surface area contributed by atoms with Crippen molar-refractivity contribution in [2.24, 2.45) is 0 Å². The zero-order valence-corrected chi connectivity index (χ0v) is 21.9. The molecule has 0 unspecified atom stereocenters. The molecule has 3 heteroatoms. The van der Waals surface area contributed by atoms with Gasteiger partial charge in [0.05, 0.1) is 0 Å². The van der Waals surface area contributed by atoms with Gasteiger partial charge in [-0.1, -0.05) is 72.8 Å². The van der Waals surface area contributed by atoms with Crippen LogP contribution in [0.4, 0.5) is 17.1 Å². The third-order valence-electron chi connectivity index (χ3n) is 7.47. The first-order valence-electron chi connectivity index (χ1n) is 13.1. The zero-order chi connectivity index (χ0) is 25.8. The smallest absolute Gasteiger partial charge is 0.135 e. The van der Waals surface area contributed by atoms with Crippen LogP contribution in [0.15, 0.2) is 144 Å². The SMILES string of the molecule is c1ccc(N(c2ccc(-c3ccc4oc5ccccc5c4c3)cc2)c2ccc3sc4ccccc4c3c2)cc1. The first-order chi connectivity index (χ1) is 19.3. The van der Waals surface area contributed by atoms with Crippen LogP contribution in [0.5, 0.6) is 0 Å². The molecule has 184 valence electrons. The lowest BCUT2D eigenvalue weighted by molar-refractivity contribution is 0.669. The maximum atomic E-state index is 6.04. The van der Waals surface area contributed by atoms with Crippen molar-refractivity contribution in [3.8, 4) is 11.1 Å². The molecular weight excluding hydrogens is 494 g/mol. The summed E-state index contributed by atoms with van der Waals surface area (Å²) in [6, 6.07) is 49.6. The number of benzene rings is 6. The molecule has 8 rings (SSSR count). The van der Waals surface area contributed by atoms with Crippen molar-refractivity contribution in [1.82, 2.24) is 0 Å². The highest BCUT2D eigenvalue weighted by molar-refractivity contribution is 7.25. The number of nitrogens with zero attached hydrogens (tertiary/aromatic N) is 1. The summed E-state index contributed by atoms with van der Waals surface area (Å²) in [6.45, 7) is 0. The van der Waals surface area contributed by atoms with E-state index in [0.717, 1.165) is 39.0 Å². The summed E-state index contributed by atoms with van der Waals surface area (Å²) < 4.78 is 8.67. The summed E-state index contributed by atoms with van der Waals surface area (Å²) in [6.07, 6.45) is 0. The van der Waals surface area contributed by atoms with E-state index in [1.807, 2.05) is 23.5 Å². The van der Waals surface area contributed by atoms with E-state index in [4.69, 9.17) is 4.42 Å². The standard InChI is InChI=1S/C36H23NOS/c1-2-8-26(9-3-1)37(28-19-21-36-32(23-28)30-11-5-7-13-35(30)39-36)27-17-14-24(15-18-27)25-16-20-34-31(22-25)29-10-4-6-12-33(29)38-34/h1-23H. The Morgan fingerprint density at radius 3 is 1.92 bits per heavy atom. The molecule has 8 aromatic rings. The fraction of sp³-hybridized carbons (Fsp3) is 0. The van der Waals surface area contributed by atoms with Crippen LogP contribution in [0, 0.1) is 0 Å². The number of fused-ring (bicyclic) bond motifs is 6. The largest absolute Gasteiger partial charge is 0.456 e. The van der Waals surface area contributed by atoms with E-state index in [1.54, 1.807) is 0 Å². The molecule has 0 saturated carbocycles. The molecule has 2 heterocycles. The zero-order valence-electron chi connectivity index (χ0n) is 21.0. The molecule has 0 saturated heterocycles. The van der Waals surface area contributed by atoms with Crippen molar-refractivity contribution in [2.75, 3.05) is 4.90 Å². The number of anilines is 3. The van der Waals surface area contributed by atoms with Gasteiger partial charge >= 0.3 is 0 Å². The van der Waals surface area contributed by atoms with Crippen LogP contribution in [0.3, 0.4) is 0 Å². The van der Waals surface area contributed by atoms with Crippen molar-refractivity contribution in [1.29, 1.82) is 0 Å². The highest BCUT2D eigenvalue weighted by atomic mass is 32.1. The predicted octanol–water partition coefficient (Wildman–Crippen LogP) is 11.1. The molecule has 0 radical (unpaired) electrons. The highest BCUT2D eigenvalue weighted by Crippen LogP contribution is 2.41. The van der Waals surface area contributed by atoms with Gasteiger partial charge in [0.1, 0.15) is 11.2 Å². The predicted molar refractivity (Wildman–Crippen MR) is 167 cm³/mol. The monoisotopic (exact) mass is 517 g/mol. The van der Waals surface area contributed by atoms with Crippen molar-refractivity contribution in [2.45, 2.75) is 0 Å². The second-order valence-electron chi connectivity index (χ2n) is 9.81. The molecule has 0 bridgehead atoms. The number of thiophene rings is 1. The fourth-order valence-electron chi connectivity index (χ4n) is 5.59. The maximum absolute atomic E-state index is 6.04. The van der Waals surface area contributed by atoms with Gasteiger partial charge in [0, 0.05) is 48.0 Å². The maximum Gasteiger partial charge on any atom is 0.135 e. The van der Waals surface area contributed by atoms with Crippen LogP contribution in [0.2, 0.25) is 0 Å². The van der Waals surface area contributed by atoms with E-state index in [2.05, 4.69) is 132 Å². The Morgan fingerprint density at radius 2 is 1.05 bits per heavy atom. The van der Waals surface area contributed by atoms with Gasteiger partial charge < -0.3 is 9.32 Å². The van der Waals surface area contributed by atoms with Crippen molar-refractivity contribution in [3.05, 3.63) is 140 Å². The van der Waals surface area contributed by atoms with Gasteiger partial charge in [-0.25, -0.2) is 0 Å². The van der Waals surface area contributed by atoms with Crippen molar-refractivity contribution < 1.29 is 4.42 Å². The quantitative estimate of drug-likeness (QED) is 0.231. The molecule has 39 heavy (non-hydrogen) atoms. The molecule has 0 amide bonds. The van der Waals surface area contributed by atoms with Gasteiger partial charge in [0.2, 0.25) is 0 Å². The van der Waals surface area contributed by atoms with Crippen LogP contribution in [0.1, 0.15) is 0 Å². The minimum Gasteiger partial charge on any atom is -0.456 e. The van der Waals surface area contributed by atoms with Crippen molar-refractivity contribution >= 4 is 70.5 Å². The Bertz CT molecular complexity index is 2120. The second kappa shape index (κ2) is 8.87. The van der Waals surface area contributed by atoms with Gasteiger partial charge in [-0.2, -0.15) is 0 Å². The van der Waals surface area contributed by atoms with Crippen LogP contribution >= 0.6 is 11.3 Å². The minimum absolute atomic E-state index is 0.920. The molecule has 0 atom stereocenters. The van der Waals surface area contributed by atoms with E-state index < -0.39 is 0 Å². The Kier molecular flexibility index (Phi) is 5.04. The Morgan fingerprint density at radius 1 is 0.410 bits per heavy atom. The molecule has 6 aromatic carbocycles. The first-order valence-corrected chi connectivity index (χ1v) is 13.9. The number of para-hydroxylation sites is 2. The van der Waals surface area contributed by atoms with Crippen LogP contribution < -0.4 is 4.90 Å². The number of hydrogen-bond acceptors (Lipinski definition) is 3. The average Bonchev–Trinajstić information content (AvgIpc) is 3.56. The minimum atomic E-state index is 0.920. The molecule has 2 aromatic heterocycles. The molecule has 0 aliphatic carbocycles. The third-order valence-corrected chi connectivity index (χ3v) is 8.62. The summed E-state index contributed by atoms with van der Waals surface area (Å²) >= 11 is 1.85. The molecule has 0 spiro atoms. The Hall–Kier alpha value is -4.86. The second-order valence-corrected chi connectivity index (χ2v) is 10.9. The average molecular weight is 518 g/mol. The summed E-state index contributed by atoms with van der Waals surface area (Å²) in [5, 5.41) is 4.91. The van der Waals surface area contributed by atoms with E-state index >= 15 is 0 Å². The molecule has 0 fully saturated rings. The Labute approximate surface area is 230 Å². The molecule has 0 aliphatic rings. The van der Waals surface area contributed by atoms with E-state index in [1.165, 1.54) is 31.3 Å². The lowest BCUT2D eigenvalue weighted by Gasteiger charge is -2.25. The molecule has 2 nitrogen and oxygen atoms in total. The normalized spacial score (nSPS) is 11.6. The summed E-state index contributed by atoms with van der Waals surface area (Å²) in [5.41, 5.74) is 7.61. The number of hydrogen-bond donors (Lipinski definition) is 0. The molecule has 0 N–H and O–H groups in total. The molecule has 0 aliphatic heterocycles. The van der Waals surface area contributed by atoms with Crippen LogP contribution in [0.25, 0.3) is 53.2 Å². The van der Waals surface area contributed by atoms with Crippen LogP contribution in [-0.4, -0.2) is 0 Å². The van der Waals surface area contributed by atoms with E-state index in [0.29, 0.717) is 0 Å². The summed E-state index contributed by atoms with van der Waals surface area (Å²) in [5.74, 6) is 0. The lowest BCUT2D eigenvalue weighted by atomic mass is 10.0. The topological polar surface area (TPSA) is 16.4 Å². The molecular formula is C36H23NOS. The Balaban J connectivity index is 1.23. The van der Waals surface area contributed by atoms with E-state index in [9.17, 15) is 0 Å². The van der Waals surface area contributed by atoms with Gasteiger partial charge in [0.25, 0.3) is 0 Å². The third kappa shape index (κ3) is 3.70. The van der Waals surface area contributed by atoms with Crippen molar-refractivity contribution in [3.63, 3.8) is 0 Å². The van der Waals surface area contributed by atoms with E-state index in [-0.39, 0.29) is 0 Å². The fourth-order valence-corrected chi connectivity index (χ4v) is 6.67. The van der Waals surface area contributed by atoms with Gasteiger partial charge in [-0.3, -0.25) is 0 Å². The van der Waals surface area contributed by atoms with Gasteiger partial charge in [0.15, 0.2) is 0 Å². The number of furan rings is 1.